The molecule has 0 saturated heterocycles. The highest BCUT2D eigenvalue weighted by Crippen LogP contribution is 2.04. The van der Waals surface area contributed by atoms with Gasteiger partial charge >= 0.3 is 11.9 Å². The highest BCUT2D eigenvalue weighted by Gasteiger charge is 2.25. The van der Waals surface area contributed by atoms with Gasteiger partial charge < -0.3 is 10.2 Å². The first-order valence-electron chi connectivity index (χ1n) is 2.90. The second kappa shape index (κ2) is 3.70. The van der Waals surface area contributed by atoms with Crippen molar-refractivity contribution in [3.8, 4) is 0 Å². The van der Waals surface area contributed by atoms with Crippen LogP contribution in [0, 0.1) is 5.92 Å². The number of Topliss-reactive ketones (excluding diaryl/α,β-unsaturated/α-hetero) is 1. The summed E-state index contributed by atoms with van der Waals surface area (Å²) in [7, 11) is 0. The van der Waals surface area contributed by atoms with E-state index in [1.807, 2.05) is 0 Å². The molecule has 0 amide bonds. The van der Waals surface area contributed by atoms with Crippen LogP contribution in [0.1, 0.15) is 13.3 Å². The maximum atomic E-state index is 10.5. The third-order valence-corrected chi connectivity index (χ3v) is 1.17. The van der Waals surface area contributed by atoms with Crippen molar-refractivity contribution in [3.05, 3.63) is 0 Å². The number of ketones is 1. The Morgan fingerprint density at radius 1 is 1.27 bits per heavy atom. The maximum absolute atomic E-state index is 10.5. The number of carbonyl (C=O) groups is 3. The fraction of sp³-hybridized carbons (Fsp3) is 0.500. The SMILES string of the molecule is CC(=O)[C@H](CC(=O)O)C(=O)O. The zero-order valence-electron chi connectivity index (χ0n) is 5.90. The first-order chi connectivity index (χ1) is 4.95. The van der Waals surface area contributed by atoms with E-state index in [0.717, 1.165) is 6.92 Å². The number of carboxylic acid groups (broad SMARTS) is 2. The largest absolute Gasteiger partial charge is 0.481 e. The molecule has 0 aliphatic heterocycles. The van der Waals surface area contributed by atoms with Crippen LogP contribution in [0.5, 0.6) is 0 Å². The summed E-state index contributed by atoms with van der Waals surface area (Å²) in [6.45, 7) is 1.06. The molecular formula is C6H8O5. The van der Waals surface area contributed by atoms with Crippen molar-refractivity contribution in [1.29, 1.82) is 0 Å². The molecule has 5 nitrogen and oxygen atoms in total. The average Bonchev–Trinajstić information content (AvgIpc) is 1.81. The number of carbonyl (C=O) groups excluding carboxylic acids is 1. The van der Waals surface area contributed by atoms with Gasteiger partial charge in [0, 0.05) is 0 Å². The molecule has 0 fully saturated rings. The zero-order valence-corrected chi connectivity index (χ0v) is 5.90. The van der Waals surface area contributed by atoms with Gasteiger partial charge in [-0.2, -0.15) is 0 Å². The van der Waals surface area contributed by atoms with E-state index in [4.69, 9.17) is 10.2 Å². The van der Waals surface area contributed by atoms with Crippen LogP contribution in [-0.2, 0) is 14.4 Å². The molecule has 11 heavy (non-hydrogen) atoms. The van der Waals surface area contributed by atoms with Gasteiger partial charge in [-0.3, -0.25) is 14.4 Å². The Morgan fingerprint density at radius 3 is 1.82 bits per heavy atom. The van der Waals surface area contributed by atoms with Gasteiger partial charge in [-0.05, 0) is 6.92 Å². The first kappa shape index (κ1) is 9.61. The standard InChI is InChI=1S/C6H8O5/c1-3(7)4(6(10)11)2-5(8)9/h4H,2H2,1H3,(H,8,9)(H,10,11)/t4-/m0/s1. The predicted octanol–water partition coefficient (Wildman–Crippen LogP) is -0.249. The summed E-state index contributed by atoms with van der Waals surface area (Å²) in [4.78, 5) is 30.7. The number of carboxylic acids is 2. The first-order valence-corrected chi connectivity index (χ1v) is 2.90. The summed E-state index contributed by atoms with van der Waals surface area (Å²) in [6, 6.07) is 0. The second-order valence-corrected chi connectivity index (χ2v) is 2.10. The molecule has 0 radical (unpaired) electrons. The van der Waals surface area contributed by atoms with Crippen molar-refractivity contribution in [3.63, 3.8) is 0 Å². The Balaban J connectivity index is 4.23. The lowest BCUT2D eigenvalue weighted by Crippen LogP contribution is -2.24. The molecule has 0 bridgehead atoms. The lowest BCUT2D eigenvalue weighted by molar-refractivity contribution is -0.151. The van der Waals surface area contributed by atoms with E-state index in [1.165, 1.54) is 0 Å². The summed E-state index contributed by atoms with van der Waals surface area (Å²) >= 11 is 0. The van der Waals surface area contributed by atoms with Gasteiger partial charge in [0.15, 0.2) is 0 Å². The van der Waals surface area contributed by atoms with Crippen LogP contribution in [0.15, 0.2) is 0 Å². The predicted molar refractivity (Wildman–Crippen MR) is 34.1 cm³/mol. The van der Waals surface area contributed by atoms with Crippen LogP contribution in [0.2, 0.25) is 0 Å². The van der Waals surface area contributed by atoms with Gasteiger partial charge in [0.1, 0.15) is 11.7 Å². The van der Waals surface area contributed by atoms with E-state index in [9.17, 15) is 14.4 Å². The van der Waals surface area contributed by atoms with Crippen LogP contribution in [0.3, 0.4) is 0 Å². The molecule has 0 aromatic heterocycles. The molecule has 0 rings (SSSR count). The zero-order chi connectivity index (χ0) is 9.02. The van der Waals surface area contributed by atoms with Crippen LogP contribution < -0.4 is 0 Å². The van der Waals surface area contributed by atoms with Gasteiger partial charge in [0.2, 0.25) is 0 Å². The minimum atomic E-state index is -1.41. The number of rotatable bonds is 4. The Labute approximate surface area is 62.6 Å². The van der Waals surface area contributed by atoms with E-state index >= 15 is 0 Å². The maximum Gasteiger partial charge on any atom is 0.314 e. The molecule has 0 aliphatic carbocycles. The molecule has 5 heteroatoms. The number of hydrogen-bond acceptors (Lipinski definition) is 3. The van der Waals surface area contributed by atoms with Gasteiger partial charge in [-0.25, -0.2) is 0 Å². The summed E-state index contributed by atoms with van der Waals surface area (Å²) in [5, 5.41) is 16.5. The van der Waals surface area contributed by atoms with Crippen molar-refractivity contribution in [2.75, 3.05) is 0 Å². The Morgan fingerprint density at radius 2 is 1.73 bits per heavy atom. The van der Waals surface area contributed by atoms with Crippen LogP contribution in [0.25, 0.3) is 0 Å². The van der Waals surface area contributed by atoms with Crippen LogP contribution in [-0.4, -0.2) is 27.9 Å². The molecular weight excluding hydrogens is 152 g/mol. The molecule has 1 atom stereocenters. The van der Waals surface area contributed by atoms with Crippen molar-refractivity contribution >= 4 is 17.7 Å². The summed E-state index contributed by atoms with van der Waals surface area (Å²) in [6.07, 6.45) is -0.648. The molecule has 0 heterocycles. The third-order valence-electron chi connectivity index (χ3n) is 1.17. The smallest absolute Gasteiger partial charge is 0.314 e. The lowest BCUT2D eigenvalue weighted by Gasteiger charge is -2.03. The Bertz CT molecular complexity index is 181. The highest BCUT2D eigenvalue weighted by atomic mass is 16.4. The molecule has 0 aromatic rings. The molecule has 2 N–H and O–H groups in total. The quantitative estimate of drug-likeness (QED) is 0.553. The van der Waals surface area contributed by atoms with Crippen LogP contribution in [0.4, 0.5) is 0 Å². The lowest BCUT2D eigenvalue weighted by atomic mass is 10.0. The van der Waals surface area contributed by atoms with Crippen molar-refractivity contribution in [2.45, 2.75) is 13.3 Å². The van der Waals surface area contributed by atoms with E-state index in [-0.39, 0.29) is 0 Å². The average molecular weight is 160 g/mol. The van der Waals surface area contributed by atoms with Crippen molar-refractivity contribution in [2.24, 2.45) is 5.92 Å². The van der Waals surface area contributed by atoms with Gasteiger partial charge in [-0.1, -0.05) is 0 Å². The molecule has 62 valence electrons. The normalized spacial score (nSPS) is 12.1. The number of hydrogen-bond donors (Lipinski definition) is 2. The van der Waals surface area contributed by atoms with E-state index < -0.39 is 30.1 Å². The van der Waals surface area contributed by atoms with Gasteiger partial charge in [0.05, 0.1) is 6.42 Å². The topological polar surface area (TPSA) is 91.7 Å². The minimum Gasteiger partial charge on any atom is -0.481 e. The summed E-state index contributed by atoms with van der Waals surface area (Å²) in [5.41, 5.74) is 0. The number of aliphatic carboxylic acids is 2. The second-order valence-electron chi connectivity index (χ2n) is 2.10. The van der Waals surface area contributed by atoms with Crippen molar-refractivity contribution in [1.82, 2.24) is 0 Å². The summed E-state index contributed by atoms with van der Waals surface area (Å²) in [5.74, 6) is -4.72. The molecule has 0 spiro atoms. The van der Waals surface area contributed by atoms with E-state index in [2.05, 4.69) is 0 Å². The molecule has 0 aromatic carbocycles. The minimum absolute atomic E-state index is 0.639. The van der Waals surface area contributed by atoms with Gasteiger partial charge in [-0.15, -0.1) is 0 Å². The fourth-order valence-corrected chi connectivity index (χ4v) is 0.580. The Kier molecular flexibility index (Phi) is 3.23. The highest BCUT2D eigenvalue weighted by molar-refractivity contribution is 5.99. The summed E-state index contributed by atoms with van der Waals surface area (Å²) < 4.78 is 0. The fourth-order valence-electron chi connectivity index (χ4n) is 0.580. The molecule has 0 unspecified atom stereocenters. The van der Waals surface area contributed by atoms with Crippen molar-refractivity contribution < 1.29 is 24.6 Å². The van der Waals surface area contributed by atoms with Gasteiger partial charge in [0.25, 0.3) is 0 Å². The van der Waals surface area contributed by atoms with Crippen LogP contribution >= 0.6 is 0 Å². The molecule has 0 saturated carbocycles. The third kappa shape index (κ3) is 3.34. The van der Waals surface area contributed by atoms with E-state index in [1.54, 1.807) is 0 Å². The van der Waals surface area contributed by atoms with E-state index in [0.29, 0.717) is 0 Å². The molecule has 0 aliphatic rings. The monoisotopic (exact) mass is 160 g/mol. The Hall–Kier alpha value is -1.39.